The average Bonchev–Trinajstić information content (AvgIpc) is 3.03. The highest BCUT2D eigenvalue weighted by molar-refractivity contribution is 8.16. The van der Waals surface area contributed by atoms with Crippen LogP contribution < -0.4 is 0 Å². The number of Topliss-reactive ketones (excluding diaryl/α,β-unsaturated/α-hetero) is 1. The van der Waals surface area contributed by atoms with Gasteiger partial charge in [-0.1, -0.05) is 11.8 Å². The predicted octanol–water partition coefficient (Wildman–Crippen LogP) is 1.78. The van der Waals surface area contributed by atoms with Gasteiger partial charge in [0.15, 0.2) is 11.0 Å². The van der Waals surface area contributed by atoms with Gasteiger partial charge in [-0.3, -0.25) is 9.79 Å². The van der Waals surface area contributed by atoms with Crippen LogP contribution in [0.25, 0.3) is 10.2 Å². The first-order chi connectivity index (χ1) is 9.54. The maximum absolute atomic E-state index is 12.2. The van der Waals surface area contributed by atoms with E-state index in [1.165, 1.54) is 12.1 Å². The average molecular weight is 308 g/mol. The largest absolute Gasteiger partial charge is 0.508 e. The number of carboxylic acid groups (broad SMARTS) is 1. The molecule has 1 aliphatic rings. The highest BCUT2D eigenvalue weighted by Gasteiger charge is 2.30. The second kappa shape index (κ2) is 4.88. The number of hydrogen-bond acceptors (Lipinski definition) is 7. The Morgan fingerprint density at radius 1 is 1.35 bits per heavy atom. The van der Waals surface area contributed by atoms with Crippen molar-refractivity contribution in [1.29, 1.82) is 0 Å². The Labute approximate surface area is 121 Å². The van der Waals surface area contributed by atoms with Gasteiger partial charge in [0.25, 0.3) is 0 Å². The van der Waals surface area contributed by atoms with Crippen molar-refractivity contribution in [2.24, 2.45) is 4.99 Å². The summed E-state index contributed by atoms with van der Waals surface area (Å²) < 4.78 is 0.701. The number of carboxylic acids is 1. The Morgan fingerprint density at radius 2 is 2.15 bits per heavy atom. The summed E-state index contributed by atoms with van der Waals surface area (Å²) in [4.78, 5) is 31.1. The standard InChI is InChI=1S/C12H8N2O4S2/c15-5-1-2-6-8(3-5)20-11(13-6)9(16)10-14-7(4-19-10)12(17)18/h1-3,7,15H,4H2,(H,17,18)/t7-/m1/s1. The summed E-state index contributed by atoms with van der Waals surface area (Å²) in [5.74, 6) is -1.02. The molecule has 2 heterocycles. The summed E-state index contributed by atoms with van der Waals surface area (Å²) in [6, 6.07) is 3.80. The molecule has 2 aromatic rings. The van der Waals surface area contributed by atoms with Crippen LogP contribution in [-0.2, 0) is 4.79 Å². The minimum atomic E-state index is -1.03. The molecule has 8 heteroatoms. The van der Waals surface area contributed by atoms with Gasteiger partial charge in [0.2, 0.25) is 5.78 Å². The lowest BCUT2D eigenvalue weighted by molar-refractivity contribution is -0.137. The number of aromatic nitrogens is 1. The molecule has 20 heavy (non-hydrogen) atoms. The minimum absolute atomic E-state index is 0.110. The molecule has 0 bridgehead atoms. The summed E-state index contributed by atoms with van der Waals surface area (Å²) in [7, 11) is 0. The molecular weight excluding hydrogens is 300 g/mol. The molecule has 0 spiro atoms. The van der Waals surface area contributed by atoms with Crippen molar-refractivity contribution >= 4 is 50.1 Å². The third-order valence-electron chi connectivity index (χ3n) is 2.70. The number of ketones is 1. The summed E-state index contributed by atoms with van der Waals surface area (Å²) in [5.41, 5.74) is 0.620. The number of rotatable bonds is 3. The van der Waals surface area contributed by atoms with Gasteiger partial charge >= 0.3 is 5.97 Å². The first kappa shape index (κ1) is 13.1. The van der Waals surface area contributed by atoms with E-state index in [1.54, 1.807) is 6.07 Å². The Bertz CT molecular complexity index is 753. The fraction of sp³-hybridized carbons (Fsp3) is 0.167. The Balaban J connectivity index is 1.93. The molecule has 0 amide bonds. The third-order valence-corrected chi connectivity index (χ3v) is 4.76. The molecule has 1 atom stereocenters. The van der Waals surface area contributed by atoms with Gasteiger partial charge in [0.1, 0.15) is 10.8 Å². The van der Waals surface area contributed by atoms with Crippen LogP contribution in [0.3, 0.4) is 0 Å². The molecule has 6 nitrogen and oxygen atoms in total. The fourth-order valence-corrected chi connectivity index (χ4v) is 3.69. The summed E-state index contributed by atoms with van der Waals surface area (Å²) in [5, 5.41) is 18.7. The highest BCUT2D eigenvalue weighted by atomic mass is 32.2. The van der Waals surface area contributed by atoms with Gasteiger partial charge in [0.05, 0.1) is 10.2 Å². The Morgan fingerprint density at radius 3 is 2.85 bits per heavy atom. The van der Waals surface area contributed by atoms with E-state index < -0.39 is 12.0 Å². The van der Waals surface area contributed by atoms with Crippen molar-refractivity contribution in [2.75, 3.05) is 5.75 Å². The molecular formula is C12H8N2O4S2. The number of aliphatic carboxylic acids is 1. The SMILES string of the molecule is O=C(C1=N[C@@H](C(=O)O)CS1)c1nc2ccc(O)cc2s1. The lowest BCUT2D eigenvalue weighted by atomic mass is 10.3. The van der Waals surface area contributed by atoms with Crippen molar-refractivity contribution in [3.8, 4) is 5.75 Å². The van der Waals surface area contributed by atoms with Gasteiger partial charge in [-0.25, -0.2) is 9.78 Å². The van der Waals surface area contributed by atoms with E-state index >= 15 is 0 Å². The molecule has 2 N–H and O–H groups in total. The van der Waals surface area contributed by atoms with Gasteiger partial charge in [-0.15, -0.1) is 11.3 Å². The Kier molecular flexibility index (Phi) is 3.19. The molecule has 3 rings (SSSR count). The van der Waals surface area contributed by atoms with Crippen LogP contribution >= 0.6 is 23.1 Å². The molecule has 102 valence electrons. The maximum atomic E-state index is 12.2. The number of fused-ring (bicyclic) bond motifs is 1. The van der Waals surface area contributed by atoms with Crippen LogP contribution in [0.15, 0.2) is 23.2 Å². The van der Waals surface area contributed by atoms with Crippen LogP contribution in [-0.4, -0.2) is 43.8 Å². The van der Waals surface area contributed by atoms with E-state index in [9.17, 15) is 14.7 Å². The zero-order valence-corrected chi connectivity index (χ0v) is 11.6. The van der Waals surface area contributed by atoms with Crippen molar-refractivity contribution < 1.29 is 19.8 Å². The first-order valence-electron chi connectivity index (χ1n) is 5.62. The van der Waals surface area contributed by atoms with Crippen molar-refractivity contribution in [2.45, 2.75) is 6.04 Å². The molecule has 1 aliphatic heterocycles. The number of benzene rings is 1. The lowest BCUT2D eigenvalue weighted by Crippen LogP contribution is -2.17. The van der Waals surface area contributed by atoms with Crippen molar-refractivity contribution in [3.05, 3.63) is 23.2 Å². The van der Waals surface area contributed by atoms with Crippen LogP contribution in [0.2, 0.25) is 0 Å². The number of nitrogens with zero attached hydrogens (tertiary/aromatic N) is 2. The topological polar surface area (TPSA) is 99.9 Å². The maximum Gasteiger partial charge on any atom is 0.329 e. The van der Waals surface area contributed by atoms with Crippen LogP contribution in [0.5, 0.6) is 5.75 Å². The second-order valence-corrected chi connectivity index (χ2v) is 6.14. The van der Waals surface area contributed by atoms with E-state index in [0.29, 0.717) is 10.2 Å². The van der Waals surface area contributed by atoms with E-state index in [2.05, 4.69) is 9.98 Å². The quantitative estimate of drug-likeness (QED) is 0.838. The van der Waals surface area contributed by atoms with Crippen molar-refractivity contribution in [3.63, 3.8) is 0 Å². The van der Waals surface area contributed by atoms with Crippen LogP contribution in [0.1, 0.15) is 9.80 Å². The molecule has 0 aliphatic carbocycles. The number of thiazole rings is 1. The van der Waals surface area contributed by atoms with E-state index in [-0.39, 0.29) is 27.3 Å². The van der Waals surface area contributed by atoms with Gasteiger partial charge in [-0.05, 0) is 18.2 Å². The van der Waals surface area contributed by atoms with Crippen LogP contribution in [0, 0.1) is 0 Å². The minimum Gasteiger partial charge on any atom is -0.508 e. The van der Waals surface area contributed by atoms with E-state index in [1.807, 2.05) is 0 Å². The number of phenolic OH excluding ortho intramolecular Hbond substituents is 1. The normalized spacial score (nSPS) is 18.2. The zero-order chi connectivity index (χ0) is 14.3. The number of phenols is 1. The summed E-state index contributed by atoms with van der Waals surface area (Å²) in [6.07, 6.45) is 0. The first-order valence-corrected chi connectivity index (χ1v) is 7.42. The van der Waals surface area contributed by atoms with Gasteiger partial charge in [-0.2, -0.15) is 0 Å². The monoisotopic (exact) mass is 308 g/mol. The van der Waals surface area contributed by atoms with Crippen molar-refractivity contribution in [1.82, 2.24) is 4.98 Å². The number of aromatic hydroxyl groups is 1. The highest BCUT2D eigenvalue weighted by Crippen LogP contribution is 2.28. The molecule has 0 fully saturated rings. The fourth-order valence-electron chi connectivity index (χ4n) is 1.73. The zero-order valence-electron chi connectivity index (χ0n) is 9.94. The molecule has 0 radical (unpaired) electrons. The molecule has 0 saturated carbocycles. The molecule has 1 aromatic carbocycles. The van der Waals surface area contributed by atoms with Gasteiger partial charge in [0, 0.05) is 5.75 Å². The third kappa shape index (κ3) is 2.27. The number of carbonyl (C=O) groups excluding carboxylic acids is 1. The lowest BCUT2D eigenvalue weighted by Gasteiger charge is -1.94. The summed E-state index contributed by atoms with van der Waals surface area (Å²) >= 11 is 2.29. The second-order valence-electron chi connectivity index (χ2n) is 4.10. The smallest absolute Gasteiger partial charge is 0.329 e. The predicted molar refractivity (Wildman–Crippen MR) is 76.9 cm³/mol. The summed E-state index contributed by atoms with van der Waals surface area (Å²) in [6.45, 7) is 0. The number of carbonyl (C=O) groups is 2. The van der Waals surface area contributed by atoms with E-state index in [0.717, 1.165) is 23.1 Å². The molecule has 1 aromatic heterocycles. The van der Waals surface area contributed by atoms with E-state index in [4.69, 9.17) is 5.11 Å². The molecule has 0 unspecified atom stereocenters. The number of hydrogen-bond donors (Lipinski definition) is 2. The Hall–Kier alpha value is -1.93. The van der Waals surface area contributed by atoms with Gasteiger partial charge < -0.3 is 10.2 Å². The number of aliphatic imine (C=N–C) groups is 1. The number of thioether (sulfide) groups is 1. The van der Waals surface area contributed by atoms with Crippen LogP contribution in [0.4, 0.5) is 0 Å². The molecule has 0 saturated heterocycles.